The summed E-state index contributed by atoms with van der Waals surface area (Å²) in [4.78, 5) is 0. The van der Waals surface area contributed by atoms with Gasteiger partial charge in [0.2, 0.25) is 0 Å². The van der Waals surface area contributed by atoms with Gasteiger partial charge in [-0.1, -0.05) is 97.9 Å². The minimum atomic E-state index is -0.812. The Balaban J connectivity index is 1.44. The maximum absolute atomic E-state index is 6.49. The van der Waals surface area contributed by atoms with Crippen LogP contribution in [0.2, 0.25) is 0 Å². The van der Waals surface area contributed by atoms with Crippen LogP contribution in [0.3, 0.4) is 0 Å². The lowest BCUT2D eigenvalue weighted by atomic mass is 9.97. The molecule has 0 N–H and O–H groups in total. The second-order valence-corrected chi connectivity index (χ2v) is 8.16. The molecule has 2 unspecified atom stereocenters. The first kappa shape index (κ1) is 22.7. The maximum Gasteiger partial charge on any atom is 0.195 e. The number of ether oxygens (including phenoxy) is 4. The van der Waals surface area contributed by atoms with Crippen molar-refractivity contribution < 1.29 is 18.9 Å². The highest BCUT2D eigenvalue weighted by atomic mass is 16.7. The number of hydrogen-bond donors (Lipinski definition) is 0. The summed E-state index contributed by atoms with van der Waals surface area (Å²) in [5.74, 6) is -0.812. The van der Waals surface area contributed by atoms with Crippen LogP contribution in [0.25, 0.3) is 0 Å². The molecule has 0 bridgehead atoms. The highest BCUT2D eigenvalue weighted by Gasteiger charge is 2.46. The van der Waals surface area contributed by atoms with E-state index in [0.717, 1.165) is 23.1 Å². The lowest BCUT2D eigenvalue weighted by Gasteiger charge is -2.45. The van der Waals surface area contributed by atoms with Crippen LogP contribution in [0.5, 0.6) is 0 Å². The molecular weight excluding hydrogens is 400 g/mol. The summed E-state index contributed by atoms with van der Waals surface area (Å²) in [6.07, 6.45) is 1.71. The van der Waals surface area contributed by atoms with Crippen molar-refractivity contribution in [2.75, 3.05) is 0 Å². The average Bonchev–Trinajstić information content (AvgIpc) is 2.87. The van der Waals surface area contributed by atoms with E-state index in [1.54, 1.807) is 0 Å². The van der Waals surface area contributed by atoms with E-state index in [2.05, 4.69) is 43.3 Å². The highest BCUT2D eigenvalue weighted by molar-refractivity contribution is 5.15. The van der Waals surface area contributed by atoms with E-state index in [4.69, 9.17) is 18.9 Å². The summed E-state index contributed by atoms with van der Waals surface area (Å²) in [5.41, 5.74) is 3.38. The molecule has 4 rings (SSSR count). The summed E-state index contributed by atoms with van der Waals surface area (Å²) in [5, 5.41) is 0. The minimum Gasteiger partial charge on any atom is -0.348 e. The van der Waals surface area contributed by atoms with E-state index in [1.165, 1.54) is 0 Å². The third-order valence-corrected chi connectivity index (χ3v) is 5.84. The van der Waals surface area contributed by atoms with E-state index >= 15 is 0 Å². The molecular formula is C28H32O4. The maximum atomic E-state index is 6.49. The number of rotatable bonds is 10. The molecule has 168 valence electrons. The zero-order valence-electron chi connectivity index (χ0n) is 18.7. The van der Waals surface area contributed by atoms with Crippen LogP contribution in [0.15, 0.2) is 91.0 Å². The third kappa shape index (κ3) is 6.05. The van der Waals surface area contributed by atoms with Crippen LogP contribution in [0.1, 0.15) is 42.9 Å². The van der Waals surface area contributed by atoms with Gasteiger partial charge in [0, 0.05) is 12.8 Å². The van der Waals surface area contributed by atoms with Crippen LogP contribution in [-0.2, 0) is 38.8 Å². The first-order chi connectivity index (χ1) is 15.8. The fraction of sp³-hybridized carbons (Fsp3) is 0.357. The molecule has 2 atom stereocenters. The molecule has 1 heterocycles. The van der Waals surface area contributed by atoms with E-state index in [1.807, 2.05) is 54.6 Å². The molecule has 1 aliphatic rings. The predicted octanol–water partition coefficient (Wildman–Crippen LogP) is 6.25. The standard InChI is InChI=1S/C28H32O4/c1-2-26-28(30-21-24-14-8-4-9-15-24,31-22-25-16-10-5-11-17-25)19-18-27(32-26)29-20-23-12-6-3-7-13-23/h3-17,26-27H,2,18-22H2,1H3. The van der Waals surface area contributed by atoms with E-state index < -0.39 is 5.79 Å². The fourth-order valence-corrected chi connectivity index (χ4v) is 4.06. The molecule has 0 saturated carbocycles. The molecule has 0 aliphatic carbocycles. The van der Waals surface area contributed by atoms with Gasteiger partial charge in [0.25, 0.3) is 0 Å². The smallest absolute Gasteiger partial charge is 0.195 e. The zero-order valence-corrected chi connectivity index (χ0v) is 18.7. The lowest BCUT2D eigenvalue weighted by Crippen LogP contribution is -2.54. The lowest BCUT2D eigenvalue weighted by molar-refractivity contribution is -0.357. The molecule has 0 spiro atoms. The van der Waals surface area contributed by atoms with Gasteiger partial charge in [0.15, 0.2) is 12.1 Å². The second kappa shape index (κ2) is 11.4. The average molecular weight is 433 g/mol. The molecule has 0 aromatic heterocycles. The molecule has 4 nitrogen and oxygen atoms in total. The SMILES string of the molecule is CCC1OC(OCc2ccccc2)CCC1(OCc1ccccc1)OCc1ccccc1. The molecule has 1 saturated heterocycles. The topological polar surface area (TPSA) is 36.9 Å². The molecule has 0 radical (unpaired) electrons. The summed E-state index contributed by atoms with van der Waals surface area (Å²) in [6.45, 7) is 3.59. The summed E-state index contributed by atoms with van der Waals surface area (Å²) < 4.78 is 25.4. The van der Waals surface area contributed by atoms with E-state index in [9.17, 15) is 0 Å². The molecule has 1 aliphatic heterocycles. The Hall–Kier alpha value is -2.50. The summed E-state index contributed by atoms with van der Waals surface area (Å²) in [7, 11) is 0. The van der Waals surface area contributed by atoms with Gasteiger partial charge in [-0.2, -0.15) is 0 Å². The molecule has 32 heavy (non-hydrogen) atoms. The third-order valence-electron chi connectivity index (χ3n) is 5.84. The van der Waals surface area contributed by atoms with Gasteiger partial charge in [-0.25, -0.2) is 0 Å². The van der Waals surface area contributed by atoms with Gasteiger partial charge >= 0.3 is 0 Å². The van der Waals surface area contributed by atoms with Gasteiger partial charge in [-0.3, -0.25) is 0 Å². The van der Waals surface area contributed by atoms with Gasteiger partial charge in [0.1, 0.15) is 6.10 Å². The Morgan fingerprint density at radius 2 is 1.19 bits per heavy atom. The Labute approximate surface area is 191 Å². The minimum absolute atomic E-state index is 0.218. The largest absolute Gasteiger partial charge is 0.348 e. The fourth-order valence-electron chi connectivity index (χ4n) is 4.06. The normalized spacial score (nSPS) is 20.2. The highest BCUT2D eigenvalue weighted by Crippen LogP contribution is 2.37. The van der Waals surface area contributed by atoms with Crippen LogP contribution in [0, 0.1) is 0 Å². The molecule has 0 amide bonds. The van der Waals surface area contributed by atoms with Crippen molar-refractivity contribution in [1.82, 2.24) is 0 Å². The van der Waals surface area contributed by atoms with Gasteiger partial charge in [-0.05, 0) is 23.1 Å². The van der Waals surface area contributed by atoms with E-state index in [0.29, 0.717) is 32.7 Å². The predicted molar refractivity (Wildman–Crippen MR) is 125 cm³/mol. The van der Waals surface area contributed by atoms with Crippen molar-refractivity contribution in [3.63, 3.8) is 0 Å². The zero-order chi connectivity index (χ0) is 22.1. The van der Waals surface area contributed by atoms with Crippen LogP contribution < -0.4 is 0 Å². The first-order valence-electron chi connectivity index (χ1n) is 11.4. The van der Waals surface area contributed by atoms with Crippen molar-refractivity contribution in [2.45, 2.75) is 64.2 Å². The van der Waals surface area contributed by atoms with Crippen molar-refractivity contribution >= 4 is 0 Å². The Bertz CT molecular complexity index is 870. The van der Waals surface area contributed by atoms with Gasteiger partial charge in [-0.15, -0.1) is 0 Å². The number of hydrogen-bond acceptors (Lipinski definition) is 4. The number of benzene rings is 3. The van der Waals surface area contributed by atoms with Gasteiger partial charge in [0.05, 0.1) is 19.8 Å². The Morgan fingerprint density at radius 1 is 0.719 bits per heavy atom. The van der Waals surface area contributed by atoms with Crippen molar-refractivity contribution in [2.24, 2.45) is 0 Å². The van der Waals surface area contributed by atoms with Gasteiger partial charge < -0.3 is 18.9 Å². The van der Waals surface area contributed by atoms with Crippen molar-refractivity contribution in [3.8, 4) is 0 Å². The molecule has 1 fully saturated rings. The molecule has 4 heteroatoms. The van der Waals surface area contributed by atoms with Crippen LogP contribution >= 0.6 is 0 Å². The van der Waals surface area contributed by atoms with Crippen LogP contribution in [-0.4, -0.2) is 18.2 Å². The van der Waals surface area contributed by atoms with Crippen molar-refractivity contribution in [3.05, 3.63) is 108 Å². The van der Waals surface area contributed by atoms with Crippen molar-refractivity contribution in [1.29, 1.82) is 0 Å². The first-order valence-corrected chi connectivity index (χ1v) is 11.4. The van der Waals surface area contributed by atoms with Crippen LogP contribution in [0.4, 0.5) is 0 Å². The second-order valence-electron chi connectivity index (χ2n) is 8.16. The Kier molecular flexibility index (Phi) is 8.07. The summed E-state index contributed by atoms with van der Waals surface area (Å²) in [6, 6.07) is 30.6. The quantitative estimate of drug-likeness (QED) is 0.355. The molecule has 3 aromatic carbocycles. The summed E-state index contributed by atoms with van der Waals surface area (Å²) >= 11 is 0. The Morgan fingerprint density at radius 3 is 1.66 bits per heavy atom. The molecule has 3 aromatic rings. The van der Waals surface area contributed by atoms with E-state index in [-0.39, 0.29) is 12.4 Å². The monoisotopic (exact) mass is 432 g/mol.